The number of nitro benzene ring substituents is 1. The zero-order valence-corrected chi connectivity index (χ0v) is 14.6. The monoisotopic (exact) mass is 354 g/mol. The van der Waals surface area contributed by atoms with Crippen LogP contribution in [-0.2, 0) is 0 Å². The molecule has 2 aliphatic carbocycles. The normalized spacial score (nSPS) is 25.3. The number of non-ortho nitro benzene ring substituents is 1. The van der Waals surface area contributed by atoms with E-state index in [0.29, 0.717) is 17.8 Å². The van der Waals surface area contributed by atoms with Crippen molar-refractivity contribution in [3.8, 4) is 11.3 Å². The molecule has 6 nitrogen and oxygen atoms in total. The van der Waals surface area contributed by atoms with Gasteiger partial charge in [0.1, 0.15) is 0 Å². The Morgan fingerprint density at radius 2 is 2.08 bits per heavy atom. The lowest BCUT2D eigenvalue weighted by Crippen LogP contribution is -2.15. The van der Waals surface area contributed by atoms with Crippen LogP contribution in [0.15, 0.2) is 51.9 Å². The number of nitro groups is 1. The van der Waals surface area contributed by atoms with Crippen molar-refractivity contribution in [1.29, 1.82) is 0 Å². The second kappa shape index (κ2) is 6.40. The van der Waals surface area contributed by atoms with E-state index in [1.807, 2.05) is 16.3 Å². The number of fused-ring (bicyclic) bond motifs is 2. The Hall–Kier alpha value is -2.54. The van der Waals surface area contributed by atoms with Gasteiger partial charge >= 0.3 is 0 Å². The van der Waals surface area contributed by atoms with Crippen LogP contribution in [0.25, 0.3) is 11.3 Å². The van der Waals surface area contributed by atoms with Crippen LogP contribution in [0.2, 0.25) is 0 Å². The number of hydrogen-bond acceptors (Lipinski definition) is 5. The van der Waals surface area contributed by atoms with E-state index in [2.05, 4.69) is 17.1 Å². The van der Waals surface area contributed by atoms with Gasteiger partial charge in [0, 0.05) is 42.3 Å². The van der Waals surface area contributed by atoms with Gasteiger partial charge in [0.15, 0.2) is 0 Å². The van der Waals surface area contributed by atoms with Gasteiger partial charge in [0.25, 0.3) is 5.69 Å². The van der Waals surface area contributed by atoms with E-state index in [1.54, 1.807) is 19.2 Å². The molecular formula is C18H18N4O2S. The molecular weight excluding hydrogens is 336 g/mol. The molecule has 0 N–H and O–H groups in total. The zero-order valence-electron chi connectivity index (χ0n) is 13.8. The molecule has 1 heterocycles. The molecule has 7 heteroatoms. The highest BCUT2D eigenvalue weighted by atomic mass is 32.1. The first-order valence-corrected chi connectivity index (χ1v) is 9.14. The van der Waals surface area contributed by atoms with Crippen LogP contribution in [-0.4, -0.2) is 22.9 Å². The lowest BCUT2D eigenvalue weighted by Gasteiger charge is -2.12. The van der Waals surface area contributed by atoms with Gasteiger partial charge in [-0.1, -0.05) is 12.2 Å². The Bertz CT molecular complexity index is 923. The maximum atomic E-state index is 10.8. The second-order valence-corrected chi connectivity index (χ2v) is 7.29. The van der Waals surface area contributed by atoms with Crippen molar-refractivity contribution in [1.82, 2.24) is 4.68 Å². The van der Waals surface area contributed by atoms with E-state index in [4.69, 9.17) is 5.10 Å². The third-order valence-corrected chi connectivity index (χ3v) is 5.86. The minimum Gasteiger partial charge on any atom is -0.261 e. The van der Waals surface area contributed by atoms with Gasteiger partial charge in [-0.3, -0.25) is 15.1 Å². The highest BCUT2D eigenvalue weighted by molar-refractivity contribution is 7.07. The fourth-order valence-corrected chi connectivity index (χ4v) is 4.47. The van der Waals surface area contributed by atoms with Gasteiger partial charge in [-0.25, -0.2) is 4.68 Å². The summed E-state index contributed by atoms with van der Waals surface area (Å²) in [5, 5.41) is 17.5. The van der Waals surface area contributed by atoms with Crippen molar-refractivity contribution >= 4 is 23.2 Å². The molecule has 3 atom stereocenters. The number of hydrogen-bond donors (Lipinski definition) is 0. The number of allylic oxidation sites excluding steroid dienone is 2. The van der Waals surface area contributed by atoms with Crippen LogP contribution in [0.3, 0.4) is 0 Å². The number of aromatic nitrogens is 1. The fraction of sp³-hybridized carbons (Fsp3) is 0.333. The quantitative estimate of drug-likeness (QED) is 0.363. The van der Waals surface area contributed by atoms with Gasteiger partial charge < -0.3 is 0 Å². The molecule has 2 aliphatic rings. The summed E-state index contributed by atoms with van der Waals surface area (Å²) in [6.45, 7) is 0. The Morgan fingerprint density at radius 1 is 1.28 bits per heavy atom. The van der Waals surface area contributed by atoms with E-state index < -0.39 is 0 Å². The van der Waals surface area contributed by atoms with Crippen molar-refractivity contribution in [3.05, 3.63) is 56.7 Å². The van der Waals surface area contributed by atoms with Gasteiger partial charge in [-0.15, -0.1) is 11.3 Å². The van der Waals surface area contributed by atoms with Gasteiger partial charge in [-0.2, -0.15) is 5.10 Å². The van der Waals surface area contributed by atoms with Crippen molar-refractivity contribution < 1.29 is 4.92 Å². The van der Waals surface area contributed by atoms with E-state index in [-0.39, 0.29) is 10.6 Å². The van der Waals surface area contributed by atoms with Crippen molar-refractivity contribution in [2.24, 2.45) is 27.8 Å². The Morgan fingerprint density at radius 3 is 2.68 bits per heavy atom. The second-order valence-electron chi connectivity index (χ2n) is 6.45. The summed E-state index contributed by atoms with van der Waals surface area (Å²) in [6.07, 6.45) is 9.09. The molecule has 0 saturated heterocycles. The molecule has 2 bridgehead atoms. The first kappa shape index (κ1) is 16.0. The molecule has 2 aromatic rings. The minimum absolute atomic E-state index is 0.0863. The summed E-state index contributed by atoms with van der Waals surface area (Å²) in [7, 11) is 1.75. The number of rotatable bonds is 4. The molecule has 1 aromatic carbocycles. The highest BCUT2D eigenvalue weighted by Gasteiger charge is 2.34. The molecule has 0 aliphatic heterocycles. The van der Waals surface area contributed by atoms with Crippen molar-refractivity contribution in [2.75, 3.05) is 7.05 Å². The molecule has 3 unspecified atom stereocenters. The van der Waals surface area contributed by atoms with Crippen LogP contribution in [0.4, 0.5) is 5.69 Å². The van der Waals surface area contributed by atoms with Gasteiger partial charge in [0.2, 0.25) is 4.80 Å². The van der Waals surface area contributed by atoms with Gasteiger partial charge in [0.05, 0.1) is 10.6 Å². The van der Waals surface area contributed by atoms with Crippen molar-refractivity contribution in [3.63, 3.8) is 0 Å². The standard InChI is InChI=1S/C18H18N4O2S/c1-19-18-21(20-10-15-9-12-2-3-14(15)8-12)17(11-25-18)13-4-6-16(7-5-13)22(23)24/h2-7,10-12,14-15H,8-9H2,1H3. The number of thiazole rings is 1. The summed E-state index contributed by atoms with van der Waals surface area (Å²) in [5.41, 5.74) is 1.88. The molecule has 1 aromatic heterocycles. The summed E-state index contributed by atoms with van der Waals surface area (Å²) in [5.74, 6) is 1.80. The zero-order chi connectivity index (χ0) is 17.4. The average Bonchev–Trinajstić information content (AvgIpc) is 3.34. The number of nitrogens with zero attached hydrogens (tertiary/aromatic N) is 4. The van der Waals surface area contributed by atoms with E-state index in [0.717, 1.165) is 16.1 Å². The third kappa shape index (κ3) is 2.95. The summed E-state index contributed by atoms with van der Waals surface area (Å²) >= 11 is 1.51. The summed E-state index contributed by atoms with van der Waals surface area (Å²) in [6, 6.07) is 6.55. The predicted octanol–water partition coefficient (Wildman–Crippen LogP) is 3.70. The minimum atomic E-state index is -0.390. The highest BCUT2D eigenvalue weighted by Crippen LogP contribution is 2.42. The van der Waals surface area contributed by atoms with Crippen LogP contribution < -0.4 is 4.80 Å². The molecule has 0 amide bonds. The Balaban J connectivity index is 1.66. The molecule has 0 radical (unpaired) electrons. The maximum absolute atomic E-state index is 10.8. The Labute approximate surface area is 149 Å². The van der Waals surface area contributed by atoms with Crippen LogP contribution >= 0.6 is 11.3 Å². The first-order chi connectivity index (χ1) is 12.2. The van der Waals surface area contributed by atoms with Crippen LogP contribution in [0.1, 0.15) is 12.8 Å². The average molecular weight is 354 g/mol. The fourth-order valence-electron chi connectivity index (χ4n) is 3.66. The third-order valence-electron chi connectivity index (χ3n) is 4.95. The lowest BCUT2D eigenvalue weighted by molar-refractivity contribution is -0.384. The van der Waals surface area contributed by atoms with E-state index >= 15 is 0 Å². The molecule has 25 heavy (non-hydrogen) atoms. The lowest BCUT2D eigenvalue weighted by atomic mass is 9.95. The molecule has 4 rings (SSSR count). The topological polar surface area (TPSA) is 72.8 Å². The van der Waals surface area contributed by atoms with E-state index in [1.165, 1.54) is 36.3 Å². The Kier molecular flexibility index (Phi) is 4.09. The van der Waals surface area contributed by atoms with Gasteiger partial charge in [-0.05, 0) is 36.8 Å². The maximum Gasteiger partial charge on any atom is 0.269 e. The SMILES string of the molecule is CN=c1scc(-c2ccc([N+](=O)[O-])cc2)n1N=CC1CC2C=CC1C2. The number of benzene rings is 1. The smallest absolute Gasteiger partial charge is 0.261 e. The summed E-state index contributed by atoms with van der Waals surface area (Å²) < 4.78 is 1.83. The first-order valence-electron chi connectivity index (χ1n) is 8.26. The van der Waals surface area contributed by atoms with E-state index in [9.17, 15) is 10.1 Å². The molecule has 128 valence electrons. The van der Waals surface area contributed by atoms with Crippen molar-refractivity contribution in [2.45, 2.75) is 12.8 Å². The largest absolute Gasteiger partial charge is 0.269 e. The summed E-state index contributed by atoms with van der Waals surface area (Å²) in [4.78, 5) is 15.6. The molecule has 1 saturated carbocycles. The molecule has 0 spiro atoms. The van der Waals surface area contributed by atoms with Crippen LogP contribution in [0.5, 0.6) is 0 Å². The predicted molar refractivity (Wildman–Crippen MR) is 98.6 cm³/mol. The van der Waals surface area contributed by atoms with Crippen LogP contribution in [0, 0.1) is 27.9 Å². The molecule has 1 fully saturated rings.